The van der Waals surface area contributed by atoms with Crippen molar-refractivity contribution in [1.82, 2.24) is 10.2 Å². The van der Waals surface area contributed by atoms with E-state index in [1.54, 1.807) is 24.3 Å². The standard InChI is InChI=1S/C23H14Cl2N2O7S/c1-32-17-6-3-12(24)9-15(17)20-26-27-23(34-20)35-19(22(30)31)10-13-4-7-18(33-13)14-8-11(21(28)29)2-5-16(14)25/h2-10H,1H3,(H,28,29)(H,30,31)/b19-10-. The van der Waals surface area contributed by atoms with E-state index in [1.807, 2.05) is 0 Å². The smallest absolute Gasteiger partial charge is 0.342 e. The van der Waals surface area contributed by atoms with Crippen molar-refractivity contribution in [3.63, 3.8) is 0 Å². The number of thioether (sulfide) groups is 1. The lowest BCUT2D eigenvalue weighted by molar-refractivity contribution is -0.131. The van der Waals surface area contributed by atoms with Gasteiger partial charge in [-0.05, 0) is 60.3 Å². The summed E-state index contributed by atoms with van der Waals surface area (Å²) in [4.78, 5) is 22.9. The molecule has 4 rings (SSSR count). The maximum Gasteiger partial charge on any atom is 0.342 e. The second-order valence-corrected chi connectivity index (χ2v) is 8.67. The number of carboxylic acid groups (broad SMARTS) is 2. The lowest BCUT2D eigenvalue weighted by Crippen LogP contribution is -1.96. The Morgan fingerprint density at radius 3 is 2.51 bits per heavy atom. The minimum Gasteiger partial charge on any atom is -0.496 e. The van der Waals surface area contributed by atoms with Crippen LogP contribution in [0.25, 0.3) is 28.9 Å². The molecule has 0 saturated heterocycles. The maximum absolute atomic E-state index is 11.8. The summed E-state index contributed by atoms with van der Waals surface area (Å²) in [6.45, 7) is 0. The highest BCUT2D eigenvalue weighted by molar-refractivity contribution is 8.03. The molecule has 0 radical (unpaired) electrons. The fraction of sp³-hybridized carbons (Fsp3) is 0.0435. The third-order valence-corrected chi connectivity index (χ3v) is 6.00. The van der Waals surface area contributed by atoms with Crippen LogP contribution in [0.4, 0.5) is 0 Å². The second-order valence-electron chi connectivity index (χ2n) is 6.84. The quantitative estimate of drug-likeness (QED) is 0.198. The summed E-state index contributed by atoms with van der Waals surface area (Å²) in [6, 6.07) is 12.1. The van der Waals surface area contributed by atoms with Gasteiger partial charge in [0.05, 0.1) is 23.3 Å². The molecular formula is C23H14Cl2N2O7S. The van der Waals surface area contributed by atoms with E-state index in [1.165, 1.54) is 37.5 Å². The van der Waals surface area contributed by atoms with Crippen LogP contribution < -0.4 is 4.74 Å². The number of benzene rings is 2. The molecule has 2 aromatic heterocycles. The normalized spacial score (nSPS) is 11.5. The van der Waals surface area contributed by atoms with Crippen LogP contribution in [0.3, 0.4) is 0 Å². The van der Waals surface area contributed by atoms with E-state index in [9.17, 15) is 19.8 Å². The molecule has 0 amide bonds. The van der Waals surface area contributed by atoms with Crippen molar-refractivity contribution in [2.45, 2.75) is 5.22 Å². The fourth-order valence-corrected chi connectivity index (χ4v) is 4.02. The van der Waals surface area contributed by atoms with Crippen LogP contribution in [0, 0.1) is 0 Å². The Morgan fingerprint density at radius 2 is 1.80 bits per heavy atom. The number of aromatic carboxylic acids is 1. The highest BCUT2D eigenvalue weighted by Crippen LogP contribution is 2.36. The molecule has 35 heavy (non-hydrogen) atoms. The minimum absolute atomic E-state index is 0.0281. The van der Waals surface area contributed by atoms with Gasteiger partial charge in [-0.2, -0.15) is 0 Å². The van der Waals surface area contributed by atoms with E-state index < -0.39 is 11.9 Å². The number of hydrogen-bond acceptors (Lipinski definition) is 8. The summed E-state index contributed by atoms with van der Waals surface area (Å²) in [7, 11) is 1.48. The Labute approximate surface area is 211 Å². The van der Waals surface area contributed by atoms with Crippen molar-refractivity contribution >= 4 is 53.0 Å². The lowest BCUT2D eigenvalue weighted by Gasteiger charge is -2.04. The van der Waals surface area contributed by atoms with Crippen LogP contribution in [0.2, 0.25) is 10.0 Å². The van der Waals surface area contributed by atoms with E-state index in [2.05, 4.69) is 10.2 Å². The largest absolute Gasteiger partial charge is 0.496 e. The summed E-state index contributed by atoms with van der Waals surface area (Å²) in [5.41, 5.74) is 0.840. The van der Waals surface area contributed by atoms with Crippen molar-refractivity contribution in [1.29, 1.82) is 0 Å². The average Bonchev–Trinajstić information content (AvgIpc) is 3.48. The molecule has 9 nitrogen and oxygen atoms in total. The van der Waals surface area contributed by atoms with Crippen LogP contribution in [0.5, 0.6) is 5.75 Å². The molecule has 0 unspecified atom stereocenters. The van der Waals surface area contributed by atoms with Crippen molar-refractivity contribution in [2.75, 3.05) is 7.11 Å². The monoisotopic (exact) mass is 532 g/mol. The molecule has 0 spiro atoms. The molecule has 0 bridgehead atoms. The van der Waals surface area contributed by atoms with Gasteiger partial charge in [0, 0.05) is 16.7 Å². The van der Waals surface area contributed by atoms with Crippen LogP contribution in [0.15, 0.2) is 67.5 Å². The fourth-order valence-electron chi connectivity index (χ4n) is 2.99. The predicted octanol–water partition coefficient (Wildman–Crippen LogP) is 6.23. The van der Waals surface area contributed by atoms with Gasteiger partial charge in [0.15, 0.2) is 0 Å². The molecule has 4 aromatic rings. The Balaban J connectivity index is 1.61. The molecule has 12 heteroatoms. The molecule has 0 fully saturated rings. The summed E-state index contributed by atoms with van der Waals surface area (Å²) >= 11 is 12.9. The number of ether oxygens (including phenoxy) is 1. The predicted molar refractivity (Wildman–Crippen MR) is 129 cm³/mol. The van der Waals surface area contributed by atoms with Crippen molar-refractivity contribution in [3.05, 3.63) is 74.8 Å². The zero-order valence-electron chi connectivity index (χ0n) is 17.7. The number of aliphatic carboxylic acids is 1. The number of halogens is 2. The number of rotatable bonds is 8. The summed E-state index contributed by atoms with van der Waals surface area (Å²) in [6.07, 6.45) is 1.27. The summed E-state index contributed by atoms with van der Waals surface area (Å²) in [5.74, 6) is -1.35. The maximum atomic E-state index is 11.8. The Morgan fingerprint density at radius 1 is 1.00 bits per heavy atom. The number of aromatic nitrogens is 2. The van der Waals surface area contributed by atoms with E-state index >= 15 is 0 Å². The van der Waals surface area contributed by atoms with Gasteiger partial charge in [-0.15, -0.1) is 10.2 Å². The Bertz CT molecular complexity index is 1460. The summed E-state index contributed by atoms with van der Waals surface area (Å²) < 4.78 is 16.6. The molecule has 2 N–H and O–H groups in total. The molecular weight excluding hydrogens is 519 g/mol. The first-order valence-electron chi connectivity index (χ1n) is 9.68. The molecule has 0 atom stereocenters. The first-order valence-corrected chi connectivity index (χ1v) is 11.3. The molecule has 2 aromatic carbocycles. The number of hydrogen-bond donors (Lipinski definition) is 2. The van der Waals surface area contributed by atoms with E-state index in [-0.39, 0.29) is 38.1 Å². The zero-order valence-corrected chi connectivity index (χ0v) is 20.0. The van der Waals surface area contributed by atoms with Gasteiger partial charge in [0.2, 0.25) is 0 Å². The lowest BCUT2D eigenvalue weighted by atomic mass is 10.1. The second kappa shape index (κ2) is 10.3. The first-order chi connectivity index (χ1) is 16.7. The van der Waals surface area contributed by atoms with Gasteiger partial charge < -0.3 is 23.8 Å². The molecule has 178 valence electrons. The van der Waals surface area contributed by atoms with Gasteiger partial charge in [0.1, 0.15) is 22.2 Å². The van der Waals surface area contributed by atoms with Crippen LogP contribution in [0.1, 0.15) is 16.1 Å². The van der Waals surface area contributed by atoms with Gasteiger partial charge in [0.25, 0.3) is 11.1 Å². The van der Waals surface area contributed by atoms with E-state index in [0.717, 1.165) is 11.8 Å². The molecule has 0 aliphatic carbocycles. The highest BCUT2D eigenvalue weighted by atomic mass is 35.5. The zero-order chi connectivity index (χ0) is 25.1. The molecule has 0 aliphatic heterocycles. The van der Waals surface area contributed by atoms with Gasteiger partial charge >= 0.3 is 11.9 Å². The van der Waals surface area contributed by atoms with Gasteiger partial charge in [-0.25, -0.2) is 9.59 Å². The Kier molecular flexibility index (Phi) is 7.15. The van der Waals surface area contributed by atoms with Crippen molar-refractivity contribution < 1.29 is 33.4 Å². The van der Waals surface area contributed by atoms with Gasteiger partial charge in [-0.3, -0.25) is 0 Å². The van der Waals surface area contributed by atoms with Crippen LogP contribution in [-0.4, -0.2) is 39.5 Å². The average molecular weight is 533 g/mol. The third kappa shape index (κ3) is 5.51. The number of nitrogens with zero attached hydrogens (tertiary/aromatic N) is 2. The first kappa shape index (κ1) is 24.4. The number of methoxy groups -OCH3 is 1. The van der Waals surface area contributed by atoms with Gasteiger partial charge in [-0.1, -0.05) is 23.2 Å². The van der Waals surface area contributed by atoms with Crippen LogP contribution >= 0.6 is 35.0 Å². The third-order valence-electron chi connectivity index (χ3n) is 4.59. The Hall–Kier alpha value is -3.73. The highest BCUT2D eigenvalue weighted by Gasteiger charge is 2.19. The molecule has 2 heterocycles. The molecule has 0 saturated carbocycles. The van der Waals surface area contributed by atoms with Crippen LogP contribution in [-0.2, 0) is 4.79 Å². The SMILES string of the molecule is COc1ccc(Cl)cc1-c1nnc(S/C(=C\c2ccc(-c3cc(C(=O)O)ccc3Cl)o2)C(=O)O)o1. The number of furan rings is 1. The van der Waals surface area contributed by atoms with E-state index in [0.29, 0.717) is 21.9 Å². The van der Waals surface area contributed by atoms with E-state index in [4.69, 9.17) is 36.8 Å². The molecule has 0 aliphatic rings. The van der Waals surface area contributed by atoms with Crippen molar-refractivity contribution in [2.24, 2.45) is 0 Å². The minimum atomic E-state index is -1.25. The number of carboxylic acids is 2. The topological polar surface area (TPSA) is 136 Å². The van der Waals surface area contributed by atoms with Crippen molar-refractivity contribution in [3.8, 4) is 28.5 Å². The summed E-state index contributed by atoms with van der Waals surface area (Å²) in [5, 5.41) is 27.4. The number of carbonyl (C=O) groups is 2.